The standard InChI is InChI=1S/C15H21NO3S/c1-15(2)8-16(5-6-20-15)13(17)11-9-3-4-10(7-9)12(11)14(18)19/h3-4,9-12H,5-8H2,1-2H3,(H,18,19). The van der Waals surface area contributed by atoms with Gasteiger partial charge in [0.1, 0.15) is 0 Å². The molecule has 1 heterocycles. The van der Waals surface area contributed by atoms with E-state index in [4.69, 9.17) is 0 Å². The van der Waals surface area contributed by atoms with E-state index >= 15 is 0 Å². The summed E-state index contributed by atoms with van der Waals surface area (Å²) in [5.74, 6) is -0.498. The van der Waals surface area contributed by atoms with Crippen LogP contribution in [0.2, 0.25) is 0 Å². The van der Waals surface area contributed by atoms with Crippen molar-refractivity contribution in [1.29, 1.82) is 0 Å². The number of rotatable bonds is 2. The summed E-state index contributed by atoms with van der Waals surface area (Å²) in [6.07, 6.45) is 4.87. The van der Waals surface area contributed by atoms with Crippen molar-refractivity contribution in [2.45, 2.75) is 25.0 Å². The Hall–Kier alpha value is -0.970. The fraction of sp³-hybridized carbons (Fsp3) is 0.733. The molecule has 0 aromatic carbocycles. The van der Waals surface area contributed by atoms with Crippen LogP contribution in [0.3, 0.4) is 0 Å². The lowest BCUT2D eigenvalue weighted by molar-refractivity contribution is -0.151. The Bertz CT molecular complexity index is 474. The van der Waals surface area contributed by atoms with Gasteiger partial charge in [-0.05, 0) is 32.1 Å². The van der Waals surface area contributed by atoms with Gasteiger partial charge in [0.05, 0.1) is 11.8 Å². The van der Waals surface area contributed by atoms with Gasteiger partial charge >= 0.3 is 5.97 Å². The zero-order valence-electron chi connectivity index (χ0n) is 11.9. The van der Waals surface area contributed by atoms with E-state index in [0.29, 0.717) is 0 Å². The molecular weight excluding hydrogens is 274 g/mol. The van der Waals surface area contributed by atoms with Crippen LogP contribution in [0.5, 0.6) is 0 Å². The number of carboxylic acid groups (broad SMARTS) is 1. The van der Waals surface area contributed by atoms with Crippen LogP contribution in [0.15, 0.2) is 12.2 Å². The number of thioether (sulfide) groups is 1. The van der Waals surface area contributed by atoms with E-state index in [2.05, 4.69) is 19.9 Å². The van der Waals surface area contributed by atoms with Crippen molar-refractivity contribution in [3.63, 3.8) is 0 Å². The van der Waals surface area contributed by atoms with Crippen molar-refractivity contribution in [3.8, 4) is 0 Å². The lowest BCUT2D eigenvalue weighted by Crippen LogP contribution is -2.50. The number of carboxylic acids is 1. The van der Waals surface area contributed by atoms with Crippen LogP contribution in [0.4, 0.5) is 0 Å². The first-order valence-electron chi connectivity index (χ1n) is 7.23. The zero-order valence-corrected chi connectivity index (χ0v) is 12.7. The van der Waals surface area contributed by atoms with Gasteiger partial charge < -0.3 is 10.0 Å². The van der Waals surface area contributed by atoms with Crippen molar-refractivity contribution in [1.82, 2.24) is 4.90 Å². The Morgan fingerprint density at radius 3 is 2.50 bits per heavy atom. The Morgan fingerprint density at radius 1 is 1.25 bits per heavy atom. The number of hydrogen-bond donors (Lipinski definition) is 1. The second-order valence-electron chi connectivity index (χ2n) is 6.71. The van der Waals surface area contributed by atoms with Crippen LogP contribution in [-0.2, 0) is 9.59 Å². The van der Waals surface area contributed by atoms with Crippen LogP contribution >= 0.6 is 11.8 Å². The Morgan fingerprint density at radius 2 is 1.90 bits per heavy atom. The van der Waals surface area contributed by atoms with E-state index < -0.39 is 11.9 Å². The third-order valence-electron chi connectivity index (χ3n) is 4.77. The summed E-state index contributed by atoms with van der Waals surface area (Å²) in [5, 5.41) is 9.45. The van der Waals surface area contributed by atoms with Crippen LogP contribution in [-0.4, -0.2) is 45.5 Å². The summed E-state index contributed by atoms with van der Waals surface area (Å²) in [5.41, 5.74) is 0. The molecular formula is C15H21NO3S. The van der Waals surface area contributed by atoms with Gasteiger partial charge in [0, 0.05) is 23.6 Å². The van der Waals surface area contributed by atoms with E-state index in [1.54, 1.807) is 0 Å². The first kappa shape index (κ1) is 14.0. The molecule has 0 spiro atoms. The molecule has 110 valence electrons. The first-order chi connectivity index (χ1) is 9.39. The highest BCUT2D eigenvalue weighted by atomic mass is 32.2. The number of amides is 1. The fourth-order valence-corrected chi connectivity index (χ4v) is 5.02. The fourth-order valence-electron chi connectivity index (χ4n) is 3.91. The average molecular weight is 295 g/mol. The van der Waals surface area contributed by atoms with Crippen molar-refractivity contribution < 1.29 is 14.7 Å². The molecule has 2 fully saturated rings. The van der Waals surface area contributed by atoms with Gasteiger partial charge in [0.25, 0.3) is 0 Å². The van der Waals surface area contributed by atoms with Gasteiger partial charge in [0.15, 0.2) is 0 Å². The maximum atomic E-state index is 12.8. The molecule has 3 rings (SSSR count). The minimum Gasteiger partial charge on any atom is -0.481 e. The number of carbonyl (C=O) groups is 2. The summed E-state index contributed by atoms with van der Waals surface area (Å²) in [4.78, 5) is 26.2. The van der Waals surface area contributed by atoms with E-state index in [1.807, 2.05) is 22.7 Å². The van der Waals surface area contributed by atoms with Crippen LogP contribution in [0, 0.1) is 23.7 Å². The summed E-state index contributed by atoms with van der Waals surface area (Å²) in [6.45, 7) is 5.76. The largest absolute Gasteiger partial charge is 0.481 e. The van der Waals surface area contributed by atoms with E-state index in [1.165, 1.54) is 0 Å². The minimum absolute atomic E-state index is 0.0543. The first-order valence-corrected chi connectivity index (χ1v) is 8.21. The van der Waals surface area contributed by atoms with Gasteiger partial charge in [-0.25, -0.2) is 0 Å². The molecule has 1 saturated heterocycles. The van der Waals surface area contributed by atoms with Crippen molar-refractivity contribution >= 4 is 23.6 Å². The van der Waals surface area contributed by atoms with E-state index in [9.17, 15) is 14.7 Å². The quantitative estimate of drug-likeness (QED) is 0.790. The van der Waals surface area contributed by atoms with E-state index in [0.717, 1.165) is 25.3 Å². The van der Waals surface area contributed by atoms with Crippen molar-refractivity contribution in [2.75, 3.05) is 18.8 Å². The van der Waals surface area contributed by atoms with Gasteiger partial charge in [-0.1, -0.05) is 12.2 Å². The number of hydrogen-bond acceptors (Lipinski definition) is 3. The number of aliphatic carboxylic acids is 1. The Labute approximate surface area is 123 Å². The maximum absolute atomic E-state index is 12.8. The lowest BCUT2D eigenvalue weighted by Gasteiger charge is -2.40. The van der Waals surface area contributed by atoms with Gasteiger partial charge in [-0.2, -0.15) is 11.8 Å². The molecule has 2 bridgehead atoms. The third-order valence-corrected chi connectivity index (χ3v) is 6.06. The molecule has 2 aliphatic carbocycles. The second-order valence-corrected chi connectivity index (χ2v) is 8.51. The predicted octanol–water partition coefficient (Wildman–Crippen LogP) is 1.86. The SMILES string of the molecule is CC1(C)CN(C(=O)C2C3C=CC(C3)C2C(=O)O)CCS1. The molecule has 0 radical (unpaired) electrons. The zero-order chi connectivity index (χ0) is 14.5. The summed E-state index contributed by atoms with van der Waals surface area (Å²) >= 11 is 1.88. The molecule has 4 atom stereocenters. The molecule has 1 aliphatic heterocycles. The topological polar surface area (TPSA) is 57.6 Å². The van der Waals surface area contributed by atoms with Gasteiger partial charge in [-0.3, -0.25) is 9.59 Å². The molecule has 20 heavy (non-hydrogen) atoms. The average Bonchev–Trinajstić information content (AvgIpc) is 2.96. The monoisotopic (exact) mass is 295 g/mol. The minimum atomic E-state index is -0.814. The molecule has 0 aromatic rings. The molecule has 3 aliphatic rings. The van der Waals surface area contributed by atoms with Gasteiger partial charge in [0.2, 0.25) is 5.91 Å². The predicted molar refractivity (Wildman–Crippen MR) is 78.5 cm³/mol. The summed E-state index contributed by atoms with van der Waals surface area (Å²) < 4.78 is 0.0695. The third kappa shape index (κ3) is 2.26. The number of carbonyl (C=O) groups excluding carboxylic acids is 1. The highest BCUT2D eigenvalue weighted by molar-refractivity contribution is 8.00. The van der Waals surface area contributed by atoms with Crippen LogP contribution in [0.1, 0.15) is 20.3 Å². The molecule has 5 heteroatoms. The van der Waals surface area contributed by atoms with Crippen molar-refractivity contribution in [3.05, 3.63) is 12.2 Å². The molecule has 4 unspecified atom stereocenters. The lowest BCUT2D eigenvalue weighted by atomic mass is 9.82. The van der Waals surface area contributed by atoms with Crippen LogP contribution in [0.25, 0.3) is 0 Å². The highest BCUT2D eigenvalue weighted by Gasteiger charge is 2.53. The normalized spacial score (nSPS) is 38.2. The number of fused-ring (bicyclic) bond motifs is 2. The van der Waals surface area contributed by atoms with E-state index in [-0.39, 0.29) is 28.4 Å². The highest BCUT2D eigenvalue weighted by Crippen LogP contribution is 2.49. The summed E-state index contributed by atoms with van der Waals surface area (Å²) in [7, 11) is 0. The molecule has 1 amide bonds. The molecule has 0 aromatic heterocycles. The smallest absolute Gasteiger partial charge is 0.307 e. The Balaban J connectivity index is 1.79. The molecule has 4 nitrogen and oxygen atoms in total. The molecule has 1 N–H and O–H groups in total. The molecule has 1 saturated carbocycles. The summed E-state index contributed by atoms with van der Waals surface area (Å²) in [6, 6.07) is 0. The Kier molecular flexibility index (Phi) is 3.35. The van der Waals surface area contributed by atoms with Crippen LogP contribution < -0.4 is 0 Å². The van der Waals surface area contributed by atoms with Crippen molar-refractivity contribution in [2.24, 2.45) is 23.7 Å². The number of nitrogens with zero attached hydrogens (tertiary/aromatic N) is 1. The maximum Gasteiger partial charge on any atom is 0.307 e. The second kappa shape index (κ2) is 4.79. The number of allylic oxidation sites excluding steroid dienone is 2. The van der Waals surface area contributed by atoms with Gasteiger partial charge in [-0.15, -0.1) is 0 Å².